The number of hydrogen-bond acceptors (Lipinski definition) is 4. The summed E-state index contributed by atoms with van der Waals surface area (Å²) in [6.45, 7) is 2.41. The van der Waals surface area contributed by atoms with Gasteiger partial charge >= 0.3 is 0 Å². The summed E-state index contributed by atoms with van der Waals surface area (Å²) < 4.78 is 10.9. The maximum atomic E-state index is 12.4. The average Bonchev–Trinajstić information content (AvgIpc) is 2.74. The van der Waals surface area contributed by atoms with Gasteiger partial charge in [0.2, 0.25) is 5.91 Å². The van der Waals surface area contributed by atoms with Crippen LogP contribution in [0.4, 0.5) is 5.69 Å². The number of amides is 1. The van der Waals surface area contributed by atoms with Crippen LogP contribution in [0, 0.1) is 0 Å². The van der Waals surface area contributed by atoms with E-state index >= 15 is 0 Å². The Morgan fingerprint density at radius 2 is 1.57 bits per heavy atom. The zero-order valence-electron chi connectivity index (χ0n) is 15.9. The fourth-order valence-corrected chi connectivity index (χ4v) is 3.40. The molecule has 0 saturated carbocycles. The van der Waals surface area contributed by atoms with Crippen LogP contribution in [0.25, 0.3) is 0 Å². The zero-order chi connectivity index (χ0) is 19.8. The highest BCUT2D eigenvalue weighted by Gasteiger charge is 2.14. The van der Waals surface area contributed by atoms with Crippen LogP contribution in [-0.2, 0) is 11.4 Å². The number of carbonyl (C=O) groups excluding carboxylic acids is 1. The summed E-state index contributed by atoms with van der Waals surface area (Å²) in [4.78, 5) is 13.5. The number of hydrogen-bond donors (Lipinski definition) is 1. The summed E-state index contributed by atoms with van der Waals surface area (Å²) >= 11 is 1.51. The third kappa shape index (κ3) is 5.79. The average molecular weight is 394 g/mol. The van der Waals surface area contributed by atoms with Gasteiger partial charge in [-0.25, -0.2) is 0 Å². The van der Waals surface area contributed by atoms with E-state index in [-0.39, 0.29) is 11.2 Å². The van der Waals surface area contributed by atoms with Gasteiger partial charge in [0.15, 0.2) is 0 Å². The smallest absolute Gasteiger partial charge is 0.237 e. The number of ether oxygens (including phenoxy) is 2. The Balaban J connectivity index is 1.50. The first-order valence-corrected chi connectivity index (χ1v) is 9.90. The summed E-state index contributed by atoms with van der Waals surface area (Å²) in [7, 11) is 1.64. The molecule has 0 heterocycles. The lowest BCUT2D eigenvalue weighted by Crippen LogP contribution is -2.22. The van der Waals surface area contributed by atoms with Crippen molar-refractivity contribution in [3.63, 3.8) is 0 Å². The lowest BCUT2D eigenvalue weighted by atomic mass is 10.2. The molecule has 4 nitrogen and oxygen atoms in total. The molecule has 1 unspecified atom stereocenters. The van der Waals surface area contributed by atoms with E-state index in [4.69, 9.17) is 9.47 Å². The van der Waals surface area contributed by atoms with E-state index in [2.05, 4.69) is 5.32 Å². The van der Waals surface area contributed by atoms with Gasteiger partial charge in [-0.1, -0.05) is 30.3 Å². The molecule has 0 radical (unpaired) electrons. The van der Waals surface area contributed by atoms with Gasteiger partial charge in [-0.15, -0.1) is 11.8 Å². The van der Waals surface area contributed by atoms with Crippen molar-refractivity contribution in [3.05, 3.63) is 84.4 Å². The minimum atomic E-state index is -0.220. The summed E-state index contributed by atoms with van der Waals surface area (Å²) in [6.07, 6.45) is 0. The summed E-state index contributed by atoms with van der Waals surface area (Å²) in [5.41, 5.74) is 1.86. The highest BCUT2D eigenvalue weighted by Crippen LogP contribution is 2.26. The largest absolute Gasteiger partial charge is 0.497 e. The van der Waals surface area contributed by atoms with Gasteiger partial charge in [-0.05, 0) is 61.0 Å². The van der Waals surface area contributed by atoms with E-state index in [0.29, 0.717) is 6.61 Å². The first kappa shape index (κ1) is 19.8. The van der Waals surface area contributed by atoms with E-state index < -0.39 is 0 Å². The molecule has 0 aromatic heterocycles. The third-order valence-corrected chi connectivity index (χ3v) is 5.22. The number of anilines is 1. The molecule has 0 fully saturated rings. The molecule has 1 amide bonds. The minimum Gasteiger partial charge on any atom is -0.497 e. The van der Waals surface area contributed by atoms with Crippen molar-refractivity contribution in [1.82, 2.24) is 0 Å². The second-order valence-corrected chi connectivity index (χ2v) is 7.64. The van der Waals surface area contributed by atoms with Crippen molar-refractivity contribution in [2.45, 2.75) is 23.7 Å². The van der Waals surface area contributed by atoms with E-state index in [1.165, 1.54) is 11.8 Å². The quantitative estimate of drug-likeness (QED) is 0.521. The molecular formula is C23H23NO3S. The Kier molecular flexibility index (Phi) is 6.98. The highest BCUT2D eigenvalue weighted by molar-refractivity contribution is 8.00. The van der Waals surface area contributed by atoms with Crippen LogP contribution in [0.15, 0.2) is 83.8 Å². The Bertz CT molecular complexity index is 880. The first-order chi connectivity index (χ1) is 13.6. The molecule has 1 atom stereocenters. The molecule has 3 rings (SSSR count). The van der Waals surface area contributed by atoms with Crippen LogP contribution < -0.4 is 14.8 Å². The second kappa shape index (κ2) is 9.85. The predicted octanol–water partition coefficient (Wildman–Crippen LogP) is 5.39. The van der Waals surface area contributed by atoms with Crippen LogP contribution in [0.3, 0.4) is 0 Å². The van der Waals surface area contributed by atoms with Crippen molar-refractivity contribution in [2.75, 3.05) is 12.4 Å². The van der Waals surface area contributed by atoms with Gasteiger partial charge < -0.3 is 14.8 Å². The van der Waals surface area contributed by atoms with Crippen LogP contribution in [0.1, 0.15) is 12.5 Å². The van der Waals surface area contributed by atoms with Gasteiger partial charge in [-0.3, -0.25) is 4.79 Å². The lowest BCUT2D eigenvalue weighted by molar-refractivity contribution is -0.115. The number of rotatable bonds is 8. The molecule has 3 aromatic carbocycles. The summed E-state index contributed by atoms with van der Waals surface area (Å²) in [5.74, 6) is 1.53. The van der Waals surface area contributed by atoms with Crippen LogP contribution in [0.5, 0.6) is 11.5 Å². The molecule has 28 heavy (non-hydrogen) atoms. The molecule has 144 valence electrons. The molecule has 0 bridgehead atoms. The van der Waals surface area contributed by atoms with Crippen molar-refractivity contribution in [2.24, 2.45) is 0 Å². The maximum Gasteiger partial charge on any atom is 0.237 e. The van der Waals surface area contributed by atoms with E-state index in [9.17, 15) is 4.79 Å². The molecule has 0 spiro atoms. The molecule has 0 aliphatic heterocycles. The van der Waals surface area contributed by atoms with Gasteiger partial charge in [0, 0.05) is 10.6 Å². The molecule has 1 N–H and O–H groups in total. The summed E-state index contributed by atoms with van der Waals surface area (Å²) in [5, 5.41) is 2.73. The summed E-state index contributed by atoms with van der Waals surface area (Å²) in [6, 6.07) is 25.1. The van der Waals surface area contributed by atoms with Crippen LogP contribution in [0.2, 0.25) is 0 Å². The second-order valence-electron chi connectivity index (χ2n) is 6.22. The number of benzene rings is 3. The van der Waals surface area contributed by atoms with Crippen molar-refractivity contribution >= 4 is 23.4 Å². The number of nitrogens with one attached hydrogen (secondary N) is 1. The SMILES string of the molecule is COc1ccc(SC(C)C(=O)Nc2ccc(OCc3ccccc3)cc2)cc1. The van der Waals surface area contributed by atoms with Gasteiger partial charge in [0.1, 0.15) is 18.1 Å². The molecule has 0 aliphatic rings. The normalized spacial score (nSPS) is 11.5. The Morgan fingerprint density at radius 3 is 2.21 bits per heavy atom. The Morgan fingerprint density at radius 1 is 0.929 bits per heavy atom. The third-order valence-electron chi connectivity index (χ3n) is 4.11. The minimum absolute atomic E-state index is 0.0428. The standard InChI is InChI=1S/C23H23NO3S/c1-17(28-22-14-12-20(26-2)13-15-22)23(25)24-19-8-10-21(11-9-19)27-16-18-6-4-3-5-7-18/h3-15,17H,16H2,1-2H3,(H,24,25). The molecule has 5 heteroatoms. The van der Waals surface area contributed by atoms with Crippen molar-refractivity contribution in [3.8, 4) is 11.5 Å². The molecular weight excluding hydrogens is 370 g/mol. The first-order valence-electron chi connectivity index (χ1n) is 9.02. The molecule has 0 saturated heterocycles. The fourth-order valence-electron chi connectivity index (χ4n) is 2.53. The monoisotopic (exact) mass is 393 g/mol. The molecule has 3 aromatic rings. The van der Waals surface area contributed by atoms with Crippen molar-refractivity contribution in [1.29, 1.82) is 0 Å². The van der Waals surface area contributed by atoms with Crippen LogP contribution in [-0.4, -0.2) is 18.3 Å². The van der Waals surface area contributed by atoms with Gasteiger partial charge in [-0.2, -0.15) is 0 Å². The van der Waals surface area contributed by atoms with E-state index in [0.717, 1.165) is 27.6 Å². The van der Waals surface area contributed by atoms with Gasteiger partial charge in [0.25, 0.3) is 0 Å². The predicted molar refractivity (Wildman–Crippen MR) is 114 cm³/mol. The van der Waals surface area contributed by atoms with Gasteiger partial charge in [0.05, 0.1) is 12.4 Å². The van der Waals surface area contributed by atoms with E-state index in [1.54, 1.807) is 7.11 Å². The number of methoxy groups -OCH3 is 1. The van der Waals surface area contributed by atoms with Crippen LogP contribution >= 0.6 is 11.8 Å². The lowest BCUT2D eigenvalue weighted by Gasteiger charge is -2.13. The number of thioether (sulfide) groups is 1. The number of carbonyl (C=O) groups is 1. The maximum absolute atomic E-state index is 12.4. The zero-order valence-corrected chi connectivity index (χ0v) is 16.7. The topological polar surface area (TPSA) is 47.6 Å². The van der Waals surface area contributed by atoms with E-state index in [1.807, 2.05) is 85.8 Å². The Labute approximate surface area is 169 Å². The molecule has 0 aliphatic carbocycles. The highest BCUT2D eigenvalue weighted by atomic mass is 32.2. The van der Waals surface area contributed by atoms with Crippen molar-refractivity contribution < 1.29 is 14.3 Å². The fraction of sp³-hybridized carbons (Fsp3) is 0.174. The Hall–Kier alpha value is -2.92.